The molecule has 0 aliphatic carbocycles. The first-order chi connectivity index (χ1) is 15.9. The highest BCUT2D eigenvalue weighted by Gasteiger charge is 2.33. The molecule has 4 rings (SSSR count). The number of carbonyl (C=O) groups excluding carboxylic acids is 2. The van der Waals surface area contributed by atoms with Crippen LogP contribution in [0.25, 0.3) is 6.08 Å². The molecule has 0 bridgehead atoms. The quantitative estimate of drug-likeness (QED) is 0.464. The van der Waals surface area contributed by atoms with Crippen LogP contribution in [0, 0.1) is 0 Å². The predicted molar refractivity (Wildman–Crippen MR) is 122 cm³/mol. The average Bonchev–Trinajstić information content (AvgIpc) is 3.41. The van der Waals surface area contributed by atoms with E-state index in [0.717, 1.165) is 4.88 Å². The van der Waals surface area contributed by atoms with E-state index in [9.17, 15) is 19.5 Å². The van der Waals surface area contributed by atoms with Gasteiger partial charge in [0.25, 0.3) is 5.56 Å². The van der Waals surface area contributed by atoms with Gasteiger partial charge in [-0.2, -0.15) is 0 Å². The average molecular weight is 484 g/mol. The Balaban J connectivity index is 1.83. The number of thiazole rings is 1. The molecule has 0 unspecified atom stereocenters. The molecule has 3 heterocycles. The Morgan fingerprint density at radius 3 is 2.79 bits per heavy atom. The van der Waals surface area contributed by atoms with Gasteiger partial charge in [0, 0.05) is 4.88 Å². The number of carboxylic acids is 1. The number of esters is 1. The number of nitrogens with zero attached hydrogens (tertiary/aromatic N) is 2. The number of hydrogen-bond donors (Lipinski definition) is 0. The monoisotopic (exact) mass is 483 g/mol. The SMILES string of the molecule is CCOC(=O)C1=C(C)N=c2s/c(=C/c3cccc(OCC(=O)[O-])c3)c(=O)n2[C@H]1c1cccs1. The molecule has 8 nitrogen and oxygen atoms in total. The van der Waals surface area contributed by atoms with E-state index >= 15 is 0 Å². The molecule has 0 saturated heterocycles. The van der Waals surface area contributed by atoms with E-state index in [1.54, 1.807) is 44.2 Å². The molecule has 0 amide bonds. The minimum absolute atomic E-state index is 0.216. The first-order valence-electron chi connectivity index (χ1n) is 10.0. The molecular weight excluding hydrogens is 464 g/mol. The Morgan fingerprint density at radius 2 is 2.09 bits per heavy atom. The summed E-state index contributed by atoms with van der Waals surface area (Å²) in [7, 11) is 0. The lowest BCUT2D eigenvalue weighted by Gasteiger charge is -2.23. The number of carboxylic acid groups (broad SMARTS) is 1. The Morgan fingerprint density at radius 1 is 1.27 bits per heavy atom. The topological polar surface area (TPSA) is 110 Å². The van der Waals surface area contributed by atoms with Gasteiger partial charge in [0.05, 0.1) is 28.4 Å². The predicted octanol–water partition coefficient (Wildman–Crippen LogP) is 0.988. The number of rotatable bonds is 7. The van der Waals surface area contributed by atoms with E-state index in [1.165, 1.54) is 27.2 Å². The van der Waals surface area contributed by atoms with Gasteiger partial charge in [0.15, 0.2) is 4.80 Å². The fourth-order valence-corrected chi connectivity index (χ4v) is 5.37. The number of hydrogen-bond acceptors (Lipinski definition) is 9. The van der Waals surface area contributed by atoms with Crippen LogP contribution in [-0.2, 0) is 14.3 Å². The van der Waals surface area contributed by atoms with Crippen molar-refractivity contribution in [3.05, 3.63) is 83.2 Å². The largest absolute Gasteiger partial charge is 0.546 e. The van der Waals surface area contributed by atoms with Crippen molar-refractivity contribution in [2.24, 2.45) is 4.99 Å². The normalized spacial score (nSPS) is 15.7. The Labute approximate surface area is 196 Å². The van der Waals surface area contributed by atoms with E-state index in [2.05, 4.69) is 4.99 Å². The molecule has 10 heteroatoms. The summed E-state index contributed by atoms with van der Waals surface area (Å²) >= 11 is 2.66. The summed E-state index contributed by atoms with van der Waals surface area (Å²) in [5.74, 6) is -1.48. The smallest absolute Gasteiger partial charge is 0.338 e. The van der Waals surface area contributed by atoms with Gasteiger partial charge in [-0.25, -0.2) is 9.79 Å². The number of ether oxygens (including phenoxy) is 2. The first-order valence-corrected chi connectivity index (χ1v) is 11.7. The Bertz CT molecular complexity index is 1420. The van der Waals surface area contributed by atoms with Gasteiger partial charge < -0.3 is 19.4 Å². The molecular formula is C23H19N2O6S2-. The second kappa shape index (κ2) is 9.55. The number of fused-ring (bicyclic) bond motifs is 1. The second-order valence-corrected chi connectivity index (χ2v) is 9.04. The number of benzene rings is 1. The van der Waals surface area contributed by atoms with Gasteiger partial charge in [-0.15, -0.1) is 11.3 Å². The summed E-state index contributed by atoms with van der Waals surface area (Å²) < 4.78 is 12.4. The number of aliphatic carboxylic acids is 1. The molecule has 3 aromatic rings. The third-order valence-electron chi connectivity index (χ3n) is 4.84. The molecule has 2 aromatic heterocycles. The molecule has 1 atom stereocenters. The van der Waals surface area contributed by atoms with Crippen molar-refractivity contribution in [2.45, 2.75) is 19.9 Å². The summed E-state index contributed by atoms with van der Waals surface area (Å²) in [6, 6.07) is 9.84. The maximum Gasteiger partial charge on any atom is 0.338 e. The van der Waals surface area contributed by atoms with E-state index in [4.69, 9.17) is 9.47 Å². The number of thiophene rings is 1. The fraction of sp³-hybridized carbons (Fsp3) is 0.217. The molecule has 33 heavy (non-hydrogen) atoms. The number of allylic oxidation sites excluding steroid dienone is 1. The number of aromatic nitrogens is 1. The van der Waals surface area contributed by atoms with Crippen LogP contribution < -0.4 is 24.7 Å². The zero-order valence-electron chi connectivity index (χ0n) is 17.8. The third-order valence-corrected chi connectivity index (χ3v) is 6.75. The summed E-state index contributed by atoms with van der Waals surface area (Å²) in [6.07, 6.45) is 1.69. The van der Waals surface area contributed by atoms with Crippen molar-refractivity contribution in [1.82, 2.24) is 4.57 Å². The summed E-state index contributed by atoms with van der Waals surface area (Å²) in [5, 5.41) is 12.5. The summed E-state index contributed by atoms with van der Waals surface area (Å²) in [5.41, 5.74) is 1.23. The summed E-state index contributed by atoms with van der Waals surface area (Å²) in [6.45, 7) is 3.12. The van der Waals surface area contributed by atoms with Crippen LogP contribution in [-0.4, -0.2) is 29.7 Å². The van der Waals surface area contributed by atoms with Gasteiger partial charge in [-0.05, 0) is 49.1 Å². The molecule has 0 radical (unpaired) electrons. The van der Waals surface area contributed by atoms with Crippen LogP contribution in [0.3, 0.4) is 0 Å². The maximum atomic E-state index is 13.5. The van der Waals surface area contributed by atoms with Gasteiger partial charge >= 0.3 is 5.97 Å². The minimum Gasteiger partial charge on any atom is -0.546 e. The Hall–Kier alpha value is -3.50. The highest BCUT2D eigenvalue weighted by atomic mass is 32.1. The molecule has 1 aliphatic heterocycles. The third kappa shape index (κ3) is 4.67. The van der Waals surface area contributed by atoms with E-state index in [0.29, 0.717) is 31.9 Å². The van der Waals surface area contributed by atoms with Crippen LogP contribution in [0.4, 0.5) is 0 Å². The second-order valence-electron chi connectivity index (χ2n) is 7.05. The van der Waals surface area contributed by atoms with Gasteiger partial charge in [0.2, 0.25) is 0 Å². The van der Waals surface area contributed by atoms with Crippen molar-refractivity contribution in [3.63, 3.8) is 0 Å². The lowest BCUT2D eigenvalue weighted by molar-refractivity contribution is -0.307. The van der Waals surface area contributed by atoms with E-state index < -0.39 is 24.6 Å². The molecule has 1 aromatic carbocycles. The molecule has 1 aliphatic rings. The van der Waals surface area contributed by atoms with Crippen LogP contribution in [0.15, 0.2) is 62.8 Å². The minimum atomic E-state index is -1.32. The molecule has 0 N–H and O–H groups in total. The van der Waals surface area contributed by atoms with Crippen LogP contribution in [0.2, 0.25) is 0 Å². The number of carbonyl (C=O) groups is 2. The van der Waals surface area contributed by atoms with Gasteiger partial charge in [-0.3, -0.25) is 9.36 Å². The highest BCUT2D eigenvalue weighted by Crippen LogP contribution is 2.33. The lowest BCUT2D eigenvalue weighted by atomic mass is 10.0. The molecule has 0 spiro atoms. The fourth-order valence-electron chi connectivity index (χ4n) is 3.50. The highest BCUT2D eigenvalue weighted by molar-refractivity contribution is 7.10. The zero-order chi connectivity index (χ0) is 23.5. The van der Waals surface area contributed by atoms with Crippen molar-refractivity contribution in [2.75, 3.05) is 13.2 Å². The van der Waals surface area contributed by atoms with Crippen LogP contribution in [0.5, 0.6) is 5.75 Å². The molecule has 170 valence electrons. The molecule has 0 fully saturated rings. The van der Waals surface area contributed by atoms with Crippen molar-refractivity contribution in [3.8, 4) is 5.75 Å². The first kappa shape index (κ1) is 22.7. The van der Waals surface area contributed by atoms with Gasteiger partial charge in [0.1, 0.15) is 18.4 Å². The standard InChI is InChI=1S/C23H20N2O6S2/c1-3-30-22(29)19-13(2)24-23-25(20(19)16-8-5-9-32-16)21(28)17(33-23)11-14-6-4-7-15(10-14)31-12-18(26)27/h4-11,20H,3,12H2,1-2H3,(H,26,27)/p-1/b17-11+/t20-/m0/s1. The molecule has 0 saturated carbocycles. The lowest BCUT2D eigenvalue weighted by Crippen LogP contribution is -2.39. The zero-order valence-corrected chi connectivity index (χ0v) is 19.4. The summed E-state index contributed by atoms with van der Waals surface area (Å²) in [4.78, 5) is 42.7. The maximum absolute atomic E-state index is 13.5. The van der Waals surface area contributed by atoms with Crippen molar-refractivity contribution in [1.29, 1.82) is 0 Å². The Kier molecular flexibility index (Phi) is 6.57. The van der Waals surface area contributed by atoms with E-state index in [-0.39, 0.29) is 12.2 Å². The van der Waals surface area contributed by atoms with Crippen LogP contribution >= 0.6 is 22.7 Å². The van der Waals surface area contributed by atoms with Crippen molar-refractivity contribution < 1.29 is 24.2 Å². The van der Waals surface area contributed by atoms with E-state index in [1.807, 2.05) is 17.5 Å². The van der Waals surface area contributed by atoms with Crippen LogP contribution in [0.1, 0.15) is 30.3 Å². The van der Waals surface area contributed by atoms with Gasteiger partial charge in [-0.1, -0.05) is 29.5 Å². The van der Waals surface area contributed by atoms with Crippen molar-refractivity contribution >= 4 is 40.7 Å².